The second-order valence-corrected chi connectivity index (χ2v) is 10.1. The fourth-order valence-corrected chi connectivity index (χ4v) is 5.03. The summed E-state index contributed by atoms with van der Waals surface area (Å²) < 4.78 is 0. The average molecular weight is 510 g/mol. The average Bonchev–Trinajstić information content (AvgIpc) is 3.76. The van der Waals surface area contributed by atoms with E-state index in [1.165, 1.54) is 0 Å². The van der Waals surface area contributed by atoms with Crippen LogP contribution in [-0.2, 0) is 4.79 Å². The van der Waals surface area contributed by atoms with E-state index in [0.29, 0.717) is 54.6 Å². The molecular formula is C27H32ClN5O3. The number of nitrogens with zero attached hydrogens (tertiary/aromatic N) is 3. The molecule has 0 bridgehead atoms. The number of anilines is 2. The van der Waals surface area contributed by atoms with E-state index >= 15 is 0 Å². The predicted molar refractivity (Wildman–Crippen MR) is 141 cm³/mol. The predicted octanol–water partition coefficient (Wildman–Crippen LogP) is 3.09. The van der Waals surface area contributed by atoms with Crippen LogP contribution >= 0.6 is 11.6 Å². The van der Waals surface area contributed by atoms with Gasteiger partial charge in [0.05, 0.1) is 11.4 Å². The third kappa shape index (κ3) is 5.65. The van der Waals surface area contributed by atoms with Crippen molar-refractivity contribution in [2.45, 2.75) is 19.3 Å². The SMILES string of the molecule is O=C(Nc1cc(C(=O)N2CCNCC2)ccc1N1CCCN(C(=O)c2cccc(Cl)c2)CC1)C1CC1. The van der Waals surface area contributed by atoms with E-state index in [-0.39, 0.29) is 23.6 Å². The minimum atomic E-state index is -0.0291. The Kier molecular flexibility index (Phi) is 7.43. The highest BCUT2D eigenvalue weighted by Crippen LogP contribution is 2.34. The van der Waals surface area contributed by atoms with Gasteiger partial charge in [0, 0.05) is 74.4 Å². The van der Waals surface area contributed by atoms with Crippen molar-refractivity contribution in [2.24, 2.45) is 5.92 Å². The molecule has 2 aromatic rings. The topological polar surface area (TPSA) is 85.0 Å². The summed E-state index contributed by atoms with van der Waals surface area (Å²) in [6.45, 7) is 5.49. The van der Waals surface area contributed by atoms with Crippen LogP contribution in [0.2, 0.25) is 5.02 Å². The quantitative estimate of drug-likeness (QED) is 0.647. The molecule has 0 aromatic heterocycles. The molecule has 1 saturated carbocycles. The van der Waals surface area contributed by atoms with Crippen LogP contribution in [0.15, 0.2) is 42.5 Å². The minimum absolute atomic E-state index is 0.00982. The van der Waals surface area contributed by atoms with Gasteiger partial charge in [0.1, 0.15) is 0 Å². The molecule has 0 radical (unpaired) electrons. The van der Waals surface area contributed by atoms with Gasteiger partial charge in [-0.15, -0.1) is 0 Å². The fourth-order valence-electron chi connectivity index (χ4n) is 4.84. The summed E-state index contributed by atoms with van der Waals surface area (Å²) in [5.74, 6) is 0.0219. The van der Waals surface area contributed by atoms with Gasteiger partial charge in [0.25, 0.3) is 11.8 Å². The van der Waals surface area contributed by atoms with Crippen molar-refractivity contribution >= 4 is 40.7 Å². The first-order valence-electron chi connectivity index (χ1n) is 12.7. The highest BCUT2D eigenvalue weighted by Gasteiger charge is 2.31. The van der Waals surface area contributed by atoms with E-state index in [2.05, 4.69) is 15.5 Å². The Hall–Kier alpha value is -3.10. The van der Waals surface area contributed by atoms with Crippen molar-refractivity contribution in [3.8, 4) is 0 Å². The molecule has 9 heteroatoms. The van der Waals surface area contributed by atoms with Crippen molar-refractivity contribution in [2.75, 3.05) is 62.6 Å². The second-order valence-electron chi connectivity index (χ2n) is 9.68. The lowest BCUT2D eigenvalue weighted by Crippen LogP contribution is -2.46. The van der Waals surface area contributed by atoms with E-state index in [1.54, 1.807) is 24.3 Å². The van der Waals surface area contributed by atoms with E-state index in [0.717, 1.165) is 44.6 Å². The van der Waals surface area contributed by atoms with Gasteiger partial charge in [0.2, 0.25) is 5.91 Å². The monoisotopic (exact) mass is 509 g/mol. The van der Waals surface area contributed by atoms with Gasteiger partial charge < -0.3 is 25.3 Å². The zero-order valence-corrected chi connectivity index (χ0v) is 21.1. The van der Waals surface area contributed by atoms with Gasteiger partial charge in [-0.3, -0.25) is 14.4 Å². The summed E-state index contributed by atoms with van der Waals surface area (Å²) in [6, 6.07) is 12.6. The number of carbonyl (C=O) groups is 3. The summed E-state index contributed by atoms with van der Waals surface area (Å²) in [5.41, 5.74) is 2.73. The number of amides is 3. The maximum Gasteiger partial charge on any atom is 0.254 e. The number of hydrogen-bond donors (Lipinski definition) is 2. The summed E-state index contributed by atoms with van der Waals surface area (Å²) in [5, 5.41) is 6.91. The number of piperazine rings is 1. The Morgan fingerprint density at radius 3 is 2.28 bits per heavy atom. The molecule has 1 aliphatic carbocycles. The number of halogens is 1. The smallest absolute Gasteiger partial charge is 0.254 e. The molecule has 0 unspecified atom stereocenters. The van der Waals surface area contributed by atoms with Crippen LogP contribution < -0.4 is 15.5 Å². The molecule has 2 aliphatic heterocycles. The van der Waals surface area contributed by atoms with Crippen molar-refractivity contribution < 1.29 is 14.4 Å². The fraction of sp³-hybridized carbons (Fsp3) is 0.444. The third-order valence-corrected chi connectivity index (χ3v) is 7.28. The molecule has 3 amide bonds. The van der Waals surface area contributed by atoms with Gasteiger partial charge in [-0.05, 0) is 55.7 Å². The first kappa shape index (κ1) is 24.6. The lowest BCUT2D eigenvalue weighted by atomic mass is 10.1. The molecule has 3 fully saturated rings. The van der Waals surface area contributed by atoms with Crippen LogP contribution in [0, 0.1) is 5.92 Å². The van der Waals surface area contributed by atoms with Crippen molar-refractivity contribution in [1.82, 2.24) is 15.1 Å². The molecule has 8 nitrogen and oxygen atoms in total. The second kappa shape index (κ2) is 10.9. The molecule has 36 heavy (non-hydrogen) atoms. The Bertz CT molecular complexity index is 1150. The maximum atomic E-state index is 13.1. The van der Waals surface area contributed by atoms with Crippen LogP contribution in [0.5, 0.6) is 0 Å². The van der Waals surface area contributed by atoms with E-state index < -0.39 is 0 Å². The Morgan fingerprint density at radius 2 is 1.56 bits per heavy atom. The number of carbonyl (C=O) groups excluding carboxylic acids is 3. The zero-order chi connectivity index (χ0) is 25.1. The number of hydrogen-bond acceptors (Lipinski definition) is 5. The lowest BCUT2D eigenvalue weighted by molar-refractivity contribution is -0.117. The molecule has 2 aromatic carbocycles. The van der Waals surface area contributed by atoms with Crippen molar-refractivity contribution in [3.63, 3.8) is 0 Å². The van der Waals surface area contributed by atoms with Crippen LogP contribution in [0.1, 0.15) is 40.0 Å². The van der Waals surface area contributed by atoms with E-state index in [9.17, 15) is 14.4 Å². The zero-order valence-electron chi connectivity index (χ0n) is 20.3. The van der Waals surface area contributed by atoms with Crippen LogP contribution in [0.3, 0.4) is 0 Å². The molecule has 2 saturated heterocycles. The Balaban J connectivity index is 1.34. The standard InChI is InChI=1S/C27H32ClN5O3/c28-22-4-1-3-20(17-22)26(35)32-12-2-11-31(15-16-32)24-8-7-21(27(36)33-13-9-29-10-14-33)18-23(24)30-25(34)19-5-6-19/h1,3-4,7-8,17-19,29H,2,5-6,9-16H2,(H,30,34). The highest BCUT2D eigenvalue weighted by molar-refractivity contribution is 6.31. The summed E-state index contributed by atoms with van der Waals surface area (Å²) >= 11 is 6.09. The first-order chi connectivity index (χ1) is 17.5. The molecule has 0 atom stereocenters. The van der Waals surface area contributed by atoms with Gasteiger partial charge in [-0.2, -0.15) is 0 Å². The molecule has 2 N–H and O–H groups in total. The highest BCUT2D eigenvalue weighted by atomic mass is 35.5. The largest absolute Gasteiger partial charge is 0.368 e. The molecule has 190 valence electrons. The first-order valence-corrected chi connectivity index (χ1v) is 13.1. The van der Waals surface area contributed by atoms with Gasteiger partial charge in [-0.25, -0.2) is 0 Å². The summed E-state index contributed by atoms with van der Waals surface area (Å²) in [7, 11) is 0. The molecule has 0 spiro atoms. The van der Waals surface area contributed by atoms with Gasteiger partial charge in [0.15, 0.2) is 0 Å². The molecule has 2 heterocycles. The number of nitrogens with one attached hydrogen (secondary N) is 2. The summed E-state index contributed by atoms with van der Waals surface area (Å²) in [6.07, 6.45) is 2.61. The Labute approximate surface area is 216 Å². The lowest BCUT2D eigenvalue weighted by Gasteiger charge is -2.29. The van der Waals surface area contributed by atoms with Crippen molar-refractivity contribution in [1.29, 1.82) is 0 Å². The number of rotatable bonds is 5. The van der Waals surface area contributed by atoms with E-state index in [1.807, 2.05) is 28.0 Å². The third-order valence-electron chi connectivity index (χ3n) is 7.05. The van der Waals surface area contributed by atoms with Crippen LogP contribution in [0.4, 0.5) is 11.4 Å². The van der Waals surface area contributed by atoms with Crippen molar-refractivity contribution in [3.05, 3.63) is 58.6 Å². The van der Waals surface area contributed by atoms with E-state index in [4.69, 9.17) is 11.6 Å². The van der Waals surface area contributed by atoms with Gasteiger partial charge >= 0.3 is 0 Å². The minimum Gasteiger partial charge on any atom is -0.368 e. The molecular weight excluding hydrogens is 478 g/mol. The van der Waals surface area contributed by atoms with Gasteiger partial charge in [-0.1, -0.05) is 17.7 Å². The molecule has 3 aliphatic rings. The molecule has 5 rings (SSSR count). The van der Waals surface area contributed by atoms with Crippen LogP contribution in [-0.4, -0.2) is 79.9 Å². The Morgan fingerprint density at radius 1 is 0.833 bits per heavy atom. The maximum absolute atomic E-state index is 13.1. The summed E-state index contributed by atoms with van der Waals surface area (Å²) in [4.78, 5) is 44.8. The number of benzene rings is 2. The van der Waals surface area contributed by atoms with Crippen LogP contribution in [0.25, 0.3) is 0 Å². The normalized spacial score (nSPS) is 18.5.